The molecule has 1 N–H and O–H groups in total. The highest BCUT2D eigenvalue weighted by Gasteiger charge is 2.13. The number of aliphatic carboxylic acids is 1. The first kappa shape index (κ1) is 11.0. The smallest absolute Gasteiger partial charge is 0.314 e. The lowest BCUT2D eigenvalue weighted by molar-refractivity contribution is -0.138. The van der Waals surface area contributed by atoms with Crippen molar-refractivity contribution < 1.29 is 9.90 Å². The topological polar surface area (TPSA) is 37.3 Å². The molecule has 0 rings (SSSR count). The lowest BCUT2D eigenvalue weighted by Gasteiger charge is -2.06. The number of hydrogen-bond acceptors (Lipinski definition) is 1. The van der Waals surface area contributed by atoms with Gasteiger partial charge in [-0.15, -0.1) is 0 Å². The van der Waals surface area contributed by atoms with Crippen LogP contribution in [-0.2, 0) is 4.79 Å². The van der Waals surface area contributed by atoms with Gasteiger partial charge in [0.15, 0.2) is 0 Å². The van der Waals surface area contributed by atoms with Crippen LogP contribution in [0.2, 0.25) is 0 Å². The molecule has 0 aliphatic rings. The first-order valence-electron chi connectivity index (χ1n) is 4.01. The molecule has 0 aliphatic carbocycles. The molecular formula is C10H16O2. The number of hydrogen-bond donors (Lipinski definition) is 1. The monoisotopic (exact) mass is 168 g/mol. The second-order valence-electron chi connectivity index (χ2n) is 3.29. The van der Waals surface area contributed by atoms with Crippen LogP contribution in [0.3, 0.4) is 0 Å². The Bertz CT molecular complexity index is 188. The maximum absolute atomic E-state index is 10.6. The highest BCUT2D eigenvalue weighted by atomic mass is 16.4. The molecule has 0 amide bonds. The van der Waals surface area contributed by atoms with E-state index in [1.54, 1.807) is 13.0 Å². The third-order valence-corrected chi connectivity index (χ3v) is 1.49. The average Bonchev–Trinajstić information content (AvgIpc) is 1.84. The summed E-state index contributed by atoms with van der Waals surface area (Å²) in [4.78, 5) is 10.6. The Hall–Kier alpha value is -1.05. The maximum Gasteiger partial charge on any atom is 0.314 e. The van der Waals surface area contributed by atoms with Gasteiger partial charge in [0.25, 0.3) is 0 Å². The maximum atomic E-state index is 10.6. The Balaban J connectivity index is 4.34. The molecule has 0 aromatic heterocycles. The fourth-order valence-electron chi connectivity index (χ4n) is 0.791. The van der Waals surface area contributed by atoms with Crippen molar-refractivity contribution in [2.75, 3.05) is 0 Å². The van der Waals surface area contributed by atoms with Crippen molar-refractivity contribution in [1.29, 1.82) is 0 Å². The van der Waals surface area contributed by atoms with E-state index in [-0.39, 0.29) is 0 Å². The SMILES string of the molecule is C=C(C)C(C=CC(C)C)C(=O)O. The zero-order chi connectivity index (χ0) is 9.72. The molecule has 1 atom stereocenters. The summed E-state index contributed by atoms with van der Waals surface area (Å²) >= 11 is 0. The highest BCUT2D eigenvalue weighted by molar-refractivity contribution is 5.75. The van der Waals surface area contributed by atoms with Gasteiger partial charge in [-0.1, -0.05) is 38.2 Å². The van der Waals surface area contributed by atoms with Crippen LogP contribution in [0.4, 0.5) is 0 Å². The van der Waals surface area contributed by atoms with Crippen LogP contribution < -0.4 is 0 Å². The zero-order valence-electron chi connectivity index (χ0n) is 7.87. The van der Waals surface area contributed by atoms with Crippen LogP contribution in [0, 0.1) is 11.8 Å². The molecule has 0 aromatic carbocycles. The van der Waals surface area contributed by atoms with E-state index in [2.05, 4.69) is 6.58 Å². The van der Waals surface area contributed by atoms with Gasteiger partial charge in [0, 0.05) is 0 Å². The van der Waals surface area contributed by atoms with Crippen molar-refractivity contribution in [3.8, 4) is 0 Å². The van der Waals surface area contributed by atoms with Crippen molar-refractivity contribution in [1.82, 2.24) is 0 Å². The molecule has 0 bridgehead atoms. The molecule has 2 heteroatoms. The number of rotatable bonds is 4. The Morgan fingerprint density at radius 2 is 1.92 bits per heavy atom. The third kappa shape index (κ3) is 3.96. The third-order valence-electron chi connectivity index (χ3n) is 1.49. The van der Waals surface area contributed by atoms with Crippen LogP contribution in [0.25, 0.3) is 0 Å². The number of carbonyl (C=O) groups is 1. The summed E-state index contributed by atoms with van der Waals surface area (Å²) in [6.45, 7) is 9.36. The minimum atomic E-state index is -0.834. The Morgan fingerprint density at radius 1 is 1.42 bits per heavy atom. The van der Waals surface area contributed by atoms with Crippen LogP contribution >= 0.6 is 0 Å². The summed E-state index contributed by atoms with van der Waals surface area (Å²) in [5.74, 6) is -0.988. The second kappa shape index (κ2) is 4.75. The molecule has 2 nitrogen and oxygen atoms in total. The zero-order valence-corrected chi connectivity index (χ0v) is 7.87. The van der Waals surface area contributed by atoms with E-state index in [4.69, 9.17) is 5.11 Å². The summed E-state index contributed by atoms with van der Waals surface area (Å²) < 4.78 is 0. The van der Waals surface area contributed by atoms with E-state index < -0.39 is 11.9 Å². The molecule has 0 radical (unpaired) electrons. The number of carboxylic acid groups (broad SMARTS) is 1. The van der Waals surface area contributed by atoms with Gasteiger partial charge in [0.1, 0.15) is 0 Å². The van der Waals surface area contributed by atoms with Crippen molar-refractivity contribution >= 4 is 5.97 Å². The van der Waals surface area contributed by atoms with Gasteiger partial charge in [-0.05, 0) is 12.8 Å². The number of carboxylic acids is 1. The van der Waals surface area contributed by atoms with E-state index in [0.717, 1.165) is 0 Å². The normalized spacial score (nSPS) is 13.7. The van der Waals surface area contributed by atoms with Gasteiger partial charge in [-0.2, -0.15) is 0 Å². The lowest BCUT2D eigenvalue weighted by atomic mass is 10.0. The lowest BCUT2D eigenvalue weighted by Crippen LogP contribution is -2.11. The van der Waals surface area contributed by atoms with Gasteiger partial charge in [-0.3, -0.25) is 4.79 Å². The molecule has 0 aliphatic heterocycles. The van der Waals surface area contributed by atoms with Crippen LogP contribution in [0.15, 0.2) is 24.3 Å². The van der Waals surface area contributed by atoms with Crippen LogP contribution in [0.5, 0.6) is 0 Å². The molecular weight excluding hydrogens is 152 g/mol. The summed E-state index contributed by atoms with van der Waals surface area (Å²) in [6.07, 6.45) is 3.57. The average molecular weight is 168 g/mol. The minimum absolute atomic E-state index is 0.381. The highest BCUT2D eigenvalue weighted by Crippen LogP contribution is 2.11. The summed E-state index contributed by atoms with van der Waals surface area (Å²) in [7, 11) is 0. The fraction of sp³-hybridized carbons (Fsp3) is 0.500. The Morgan fingerprint density at radius 3 is 2.17 bits per heavy atom. The largest absolute Gasteiger partial charge is 0.481 e. The van der Waals surface area contributed by atoms with E-state index in [1.807, 2.05) is 19.9 Å². The Labute approximate surface area is 73.6 Å². The van der Waals surface area contributed by atoms with E-state index in [1.165, 1.54) is 0 Å². The van der Waals surface area contributed by atoms with Gasteiger partial charge < -0.3 is 5.11 Å². The van der Waals surface area contributed by atoms with Crippen LogP contribution in [0.1, 0.15) is 20.8 Å². The molecule has 0 aromatic rings. The first-order chi connectivity index (χ1) is 5.45. The van der Waals surface area contributed by atoms with Gasteiger partial charge in [0.05, 0.1) is 5.92 Å². The minimum Gasteiger partial charge on any atom is -0.481 e. The van der Waals surface area contributed by atoms with Gasteiger partial charge in [-0.25, -0.2) is 0 Å². The van der Waals surface area contributed by atoms with Crippen molar-refractivity contribution in [2.24, 2.45) is 11.8 Å². The molecule has 12 heavy (non-hydrogen) atoms. The molecule has 0 heterocycles. The summed E-state index contributed by atoms with van der Waals surface area (Å²) in [5.41, 5.74) is 0.666. The predicted molar refractivity (Wildman–Crippen MR) is 49.9 cm³/mol. The molecule has 68 valence electrons. The van der Waals surface area contributed by atoms with Gasteiger partial charge in [0.2, 0.25) is 0 Å². The summed E-state index contributed by atoms with van der Waals surface area (Å²) in [5, 5.41) is 8.74. The van der Waals surface area contributed by atoms with Crippen LogP contribution in [-0.4, -0.2) is 11.1 Å². The molecule has 1 unspecified atom stereocenters. The molecule has 0 saturated heterocycles. The predicted octanol–water partition coefficient (Wildman–Crippen LogP) is 2.48. The first-order valence-corrected chi connectivity index (χ1v) is 4.01. The van der Waals surface area contributed by atoms with Crippen molar-refractivity contribution in [3.63, 3.8) is 0 Å². The van der Waals surface area contributed by atoms with E-state index in [0.29, 0.717) is 11.5 Å². The fourth-order valence-corrected chi connectivity index (χ4v) is 0.791. The van der Waals surface area contributed by atoms with E-state index in [9.17, 15) is 4.79 Å². The molecule has 0 spiro atoms. The molecule has 0 saturated carbocycles. The second-order valence-corrected chi connectivity index (χ2v) is 3.29. The number of allylic oxidation sites excluding steroid dienone is 1. The van der Waals surface area contributed by atoms with E-state index >= 15 is 0 Å². The Kier molecular flexibility index (Phi) is 4.34. The summed E-state index contributed by atoms with van der Waals surface area (Å²) in [6, 6.07) is 0. The van der Waals surface area contributed by atoms with Gasteiger partial charge >= 0.3 is 5.97 Å². The molecule has 0 fully saturated rings. The van der Waals surface area contributed by atoms with Crippen molar-refractivity contribution in [2.45, 2.75) is 20.8 Å². The standard InChI is InChI=1S/C10H16O2/c1-7(2)5-6-9(8(3)4)10(11)12/h5-7,9H,3H2,1-2,4H3,(H,11,12). The van der Waals surface area contributed by atoms with Crippen molar-refractivity contribution in [3.05, 3.63) is 24.3 Å². The quantitative estimate of drug-likeness (QED) is 0.655.